The summed E-state index contributed by atoms with van der Waals surface area (Å²) in [4.78, 5) is 8.87. The van der Waals surface area contributed by atoms with Crippen molar-refractivity contribution >= 4 is 0 Å². The summed E-state index contributed by atoms with van der Waals surface area (Å²) in [5.74, 6) is 0. The van der Waals surface area contributed by atoms with Crippen LogP contribution in [-0.2, 0) is 13.1 Å². The van der Waals surface area contributed by atoms with E-state index in [1.807, 2.05) is 31.5 Å². The average Bonchev–Trinajstić information content (AvgIpc) is 2.77. The number of aryl methyl sites for hydroxylation is 1. The number of imidazole rings is 1. The number of aromatic nitrogens is 3. The molecule has 2 heterocycles. The van der Waals surface area contributed by atoms with Gasteiger partial charge in [-0.2, -0.15) is 0 Å². The topological polar surface area (TPSA) is 42.7 Å². The summed E-state index contributed by atoms with van der Waals surface area (Å²) in [5.41, 5.74) is 3.20. The maximum atomic E-state index is 4.49. The van der Waals surface area contributed by atoms with Crippen LogP contribution in [-0.4, -0.2) is 21.1 Å². The second-order valence-corrected chi connectivity index (χ2v) is 4.48. The molecule has 0 aliphatic heterocycles. The van der Waals surface area contributed by atoms with Crippen molar-refractivity contribution in [2.75, 3.05) is 6.54 Å². The van der Waals surface area contributed by atoms with Gasteiger partial charge in [-0.1, -0.05) is 13.0 Å². The van der Waals surface area contributed by atoms with Gasteiger partial charge in [0.1, 0.15) is 0 Å². The van der Waals surface area contributed by atoms with Crippen molar-refractivity contribution in [3.63, 3.8) is 0 Å². The van der Waals surface area contributed by atoms with Crippen LogP contribution in [0.25, 0.3) is 0 Å². The van der Waals surface area contributed by atoms with Crippen molar-refractivity contribution in [1.82, 2.24) is 19.9 Å². The first-order valence-corrected chi connectivity index (χ1v) is 6.42. The molecule has 2 rings (SSSR count). The zero-order valence-electron chi connectivity index (χ0n) is 11.1. The summed E-state index contributed by atoms with van der Waals surface area (Å²) in [5, 5.41) is 3.35. The molecule has 2 aromatic heterocycles. The molecule has 0 unspecified atom stereocenters. The lowest BCUT2D eigenvalue weighted by atomic mass is 10.3. The van der Waals surface area contributed by atoms with Gasteiger partial charge in [-0.05, 0) is 32.0 Å². The normalized spacial score (nSPS) is 10.8. The van der Waals surface area contributed by atoms with Crippen LogP contribution in [0, 0.1) is 6.92 Å². The van der Waals surface area contributed by atoms with Gasteiger partial charge in [0.25, 0.3) is 0 Å². The number of nitrogens with one attached hydrogen (secondary N) is 1. The van der Waals surface area contributed by atoms with E-state index < -0.39 is 0 Å². The molecule has 18 heavy (non-hydrogen) atoms. The third kappa shape index (κ3) is 3.67. The number of hydrogen-bond donors (Lipinski definition) is 1. The Kier molecular flexibility index (Phi) is 4.47. The fraction of sp³-hybridized carbons (Fsp3) is 0.429. The summed E-state index contributed by atoms with van der Waals surface area (Å²) in [7, 11) is 0. The predicted octanol–water partition coefficient (Wildman–Crippen LogP) is 2.13. The van der Waals surface area contributed by atoms with Gasteiger partial charge in [0.2, 0.25) is 0 Å². The van der Waals surface area contributed by atoms with Crippen LogP contribution in [0.15, 0.2) is 30.7 Å². The predicted molar refractivity (Wildman–Crippen MR) is 72.3 cm³/mol. The van der Waals surface area contributed by atoms with Crippen LogP contribution in [0.3, 0.4) is 0 Å². The Morgan fingerprint density at radius 3 is 2.94 bits per heavy atom. The molecule has 0 amide bonds. The minimum atomic E-state index is 0.780. The SMILES string of the molecule is CCCNCc1cn(Cc2cccc(C)n2)cn1. The molecule has 0 spiro atoms. The molecule has 0 bridgehead atoms. The highest BCUT2D eigenvalue weighted by atomic mass is 15.1. The van der Waals surface area contributed by atoms with E-state index in [1.165, 1.54) is 0 Å². The third-order valence-corrected chi connectivity index (χ3v) is 2.71. The first-order chi connectivity index (χ1) is 8.78. The molecule has 0 aromatic carbocycles. The first kappa shape index (κ1) is 12.8. The molecule has 4 heteroatoms. The molecule has 0 aliphatic carbocycles. The molecule has 0 saturated heterocycles. The maximum absolute atomic E-state index is 4.49. The maximum Gasteiger partial charge on any atom is 0.0953 e. The van der Waals surface area contributed by atoms with Crippen LogP contribution >= 0.6 is 0 Å². The van der Waals surface area contributed by atoms with E-state index in [-0.39, 0.29) is 0 Å². The van der Waals surface area contributed by atoms with E-state index in [0.717, 1.165) is 43.1 Å². The summed E-state index contributed by atoms with van der Waals surface area (Å²) in [6.07, 6.45) is 5.09. The minimum Gasteiger partial charge on any atom is -0.331 e. The highest BCUT2D eigenvalue weighted by molar-refractivity contribution is 5.11. The van der Waals surface area contributed by atoms with Crippen molar-refractivity contribution in [1.29, 1.82) is 0 Å². The molecule has 4 nitrogen and oxygen atoms in total. The largest absolute Gasteiger partial charge is 0.331 e. The van der Waals surface area contributed by atoms with E-state index in [1.54, 1.807) is 0 Å². The number of pyridine rings is 1. The van der Waals surface area contributed by atoms with Gasteiger partial charge in [0.05, 0.1) is 24.3 Å². The highest BCUT2D eigenvalue weighted by Crippen LogP contribution is 2.03. The van der Waals surface area contributed by atoms with Crippen LogP contribution in [0.4, 0.5) is 0 Å². The monoisotopic (exact) mass is 244 g/mol. The lowest BCUT2D eigenvalue weighted by Crippen LogP contribution is -2.13. The van der Waals surface area contributed by atoms with Gasteiger partial charge in [-0.15, -0.1) is 0 Å². The quantitative estimate of drug-likeness (QED) is 0.792. The van der Waals surface area contributed by atoms with Crippen LogP contribution in [0.1, 0.15) is 30.4 Å². The van der Waals surface area contributed by atoms with Gasteiger partial charge in [-0.3, -0.25) is 4.98 Å². The van der Waals surface area contributed by atoms with Crippen molar-refractivity contribution in [2.24, 2.45) is 0 Å². The number of hydrogen-bond acceptors (Lipinski definition) is 3. The smallest absolute Gasteiger partial charge is 0.0953 e. The zero-order valence-corrected chi connectivity index (χ0v) is 11.1. The summed E-state index contributed by atoms with van der Waals surface area (Å²) in [6.45, 7) is 6.82. The first-order valence-electron chi connectivity index (χ1n) is 6.42. The van der Waals surface area contributed by atoms with Crippen molar-refractivity contribution in [2.45, 2.75) is 33.4 Å². The zero-order chi connectivity index (χ0) is 12.8. The van der Waals surface area contributed by atoms with Gasteiger partial charge in [0.15, 0.2) is 0 Å². The third-order valence-electron chi connectivity index (χ3n) is 2.71. The van der Waals surface area contributed by atoms with E-state index in [4.69, 9.17) is 0 Å². The Morgan fingerprint density at radius 1 is 1.28 bits per heavy atom. The Hall–Kier alpha value is -1.68. The molecule has 0 atom stereocenters. The molecule has 1 N–H and O–H groups in total. The Bertz CT molecular complexity index is 490. The minimum absolute atomic E-state index is 0.780. The summed E-state index contributed by atoms with van der Waals surface area (Å²) in [6, 6.07) is 6.10. The van der Waals surface area contributed by atoms with Gasteiger partial charge in [0, 0.05) is 18.4 Å². The van der Waals surface area contributed by atoms with Crippen molar-refractivity contribution < 1.29 is 0 Å². The molecule has 0 saturated carbocycles. The van der Waals surface area contributed by atoms with E-state index in [0.29, 0.717) is 0 Å². The standard InChI is InChI=1S/C14H20N4/c1-3-7-15-8-14-10-18(11-16-14)9-13-6-4-5-12(2)17-13/h4-6,10-11,15H,3,7-9H2,1-2H3. The summed E-state index contributed by atoms with van der Waals surface area (Å²) >= 11 is 0. The van der Waals surface area contributed by atoms with E-state index in [9.17, 15) is 0 Å². The molecular formula is C14H20N4. The molecule has 0 radical (unpaired) electrons. The molecule has 0 fully saturated rings. The summed E-state index contributed by atoms with van der Waals surface area (Å²) < 4.78 is 2.07. The number of nitrogens with zero attached hydrogens (tertiary/aromatic N) is 3. The Morgan fingerprint density at radius 2 is 2.17 bits per heavy atom. The van der Waals surface area contributed by atoms with Crippen LogP contribution < -0.4 is 5.32 Å². The van der Waals surface area contributed by atoms with Gasteiger partial charge in [-0.25, -0.2) is 4.98 Å². The molecule has 2 aromatic rings. The van der Waals surface area contributed by atoms with Crippen LogP contribution in [0.2, 0.25) is 0 Å². The lowest BCUT2D eigenvalue weighted by molar-refractivity contribution is 0.665. The highest BCUT2D eigenvalue weighted by Gasteiger charge is 2.00. The average molecular weight is 244 g/mol. The molecular weight excluding hydrogens is 224 g/mol. The number of rotatable bonds is 6. The molecule has 96 valence electrons. The Labute approximate surface area is 108 Å². The lowest BCUT2D eigenvalue weighted by Gasteiger charge is -2.02. The van der Waals surface area contributed by atoms with Crippen molar-refractivity contribution in [3.8, 4) is 0 Å². The van der Waals surface area contributed by atoms with Gasteiger partial charge >= 0.3 is 0 Å². The fourth-order valence-corrected chi connectivity index (χ4v) is 1.85. The second kappa shape index (κ2) is 6.31. The van der Waals surface area contributed by atoms with Crippen LogP contribution in [0.5, 0.6) is 0 Å². The fourth-order valence-electron chi connectivity index (χ4n) is 1.85. The van der Waals surface area contributed by atoms with Crippen molar-refractivity contribution in [3.05, 3.63) is 47.8 Å². The second-order valence-electron chi connectivity index (χ2n) is 4.48. The van der Waals surface area contributed by atoms with E-state index in [2.05, 4.69) is 33.0 Å². The Balaban J connectivity index is 1.94. The van der Waals surface area contributed by atoms with E-state index >= 15 is 0 Å². The van der Waals surface area contributed by atoms with Gasteiger partial charge < -0.3 is 9.88 Å². The molecule has 0 aliphatic rings.